The Bertz CT molecular complexity index is 1190. The molecule has 0 amide bonds. The number of hydrogen-bond donors (Lipinski definition) is 1. The van der Waals surface area contributed by atoms with Crippen molar-refractivity contribution in [3.63, 3.8) is 0 Å². The molecule has 5 heterocycles. The van der Waals surface area contributed by atoms with Crippen LogP contribution in [0.4, 0.5) is 5.82 Å². The first-order valence-electron chi connectivity index (χ1n) is 10.7. The summed E-state index contributed by atoms with van der Waals surface area (Å²) >= 11 is 0. The number of morpholine rings is 1. The minimum Gasteiger partial charge on any atom is -0.383 e. The Morgan fingerprint density at radius 2 is 2.19 bits per heavy atom. The average Bonchev–Trinajstić information content (AvgIpc) is 3.45. The molecule has 1 saturated heterocycles. The van der Waals surface area contributed by atoms with E-state index in [-0.39, 0.29) is 6.10 Å². The van der Waals surface area contributed by atoms with Crippen LogP contribution in [0, 0.1) is 0 Å². The van der Waals surface area contributed by atoms with Crippen LogP contribution in [-0.4, -0.2) is 93.2 Å². The lowest BCUT2D eigenvalue weighted by Crippen LogP contribution is -2.42. The predicted molar refractivity (Wildman–Crippen MR) is 119 cm³/mol. The van der Waals surface area contributed by atoms with Crippen molar-refractivity contribution in [2.24, 2.45) is 0 Å². The van der Waals surface area contributed by atoms with E-state index in [1.54, 1.807) is 26.0 Å². The largest absolute Gasteiger partial charge is 0.383 e. The number of nitrogens with zero attached hydrogens (tertiary/aromatic N) is 8. The van der Waals surface area contributed by atoms with E-state index < -0.39 is 0 Å². The Labute approximate surface area is 185 Å². The summed E-state index contributed by atoms with van der Waals surface area (Å²) in [5.41, 5.74) is 3.35. The summed E-state index contributed by atoms with van der Waals surface area (Å²) in [6.07, 6.45) is 5.10. The molecule has 0 aliphatic carbocycles. The Balaban J connectivity index is 1.25. The third kappa shape index (κ3) is 4.01. The fourth-order valence-electron chi connectivity index (χ4n) is 4.09. The minimum absolute atomic E-state index is 0.0505. The van der Waals surface area contributed by atoms with Crippen LogP contribution in [0.15, 0.2) is 31.0 Å². The molecule has 1 aliphatic heterocycles. The molecule has 32 heavy (non-hydrogen) atoms. The average molecular weight is 438 g/mol. The smallest absolute Gasteiger partial charge is 0.181 e. The molecule has 1 unspecified atom stereocenters. The number of fused-ring (bicyclic) bond motifs is 2. The Morgan fingerprint density at radius 1 is 1.25 bits per heavy atom. The first-order chi connectivity index (χ1) is 15.7. The van der Waals surface area contributed by atoms with Crippen LogP contribution in [0.5, 0.6) is 0 Å². The Morgan fingerprint density at radius 3 is 3.09 bits per heavy atom. The van der Waals surface area contributed by atoms with Crippen LogP contribution in [0.1, 0.15) is 11.8 Å². The number of H-pyrrole nitrogens is 1. The maximum Gasteiger partial charge on any atom is 0.181 e. The van der Waals surface area contributed by atoms with E-state index in [2.05, 4.69) is 39.9 Å². The molecule has 0 aromatic carbocycles. The number of likely N-dealkylation sites (N-methyl/N-ethyl adjacent to an activating group) is 1. The van der Waals surface area contributed by atoms with Crippen LogP contribution >= 0.6 is 0 Å². The van der Waals surface area contributed by atoms with Crippen LogP contribution in [0.25, 0.3) is 22.2 Å². The number of nitrogens with one attached hydrogen (secondary N) is 1. The summed E-state index contributed by atoms with van der Waals surface area (Å²) in [5, 5.41) is 8.45. The number of ether oxygens (including phenoxy) is 2. The number of methoxy groups -OCH3 is 1. The maximum absolute atomic E-state index is 6.05. The SMILES string of the molecule is COCCn1cnc2c(N(C)CCN3CCOC(c4[nH]nc5ncccc45)C3)ncnc21. The molecular formula is C21H27N9O2. The van der Waals surface area contributed by atoms with Crippen molar-refractivity contribution < 1.29 is 9.47 Å². The van der Waals surface area contributed by atoms with E-state index in [0.29, 0.717) is 19.8 Å². The van der Waals surface area contributed by atoms with Crippen molar-refractivity contribution in [3.8, 4) is 0 Å². The minimum atomic E-state index is -0.0505. The fourth-order valence-corrected chi connectivity index (χ4v) is 4.09. The van der Waals surface area contributed by atoms with Gasteiger partial charge in [0.15, 0.2) is 22.6 Å². The van der Waals surface area contributed by atoms with E-state index in [4.69, 9.17) is 9.47 Å². The van der Waals surface area contributed by atoms with Gasteiger partial charge in [-0.15, -0.1) is 0 Å². The van der Waals surface area contributed by atoms with E-state index in [9.17, 15) is 0 Å². The van der Waals surface area contributed by atoms with Crippen molar-refractivity contribution in [2.45, 2.75) is 12.6 Å². The lowest BCUT2D eigenvalue weighted by Gasteiger charge is -2.33. The molecular weight excluding hydrogens is 410 g/mol. The summed E-state index contributed by atoms with van der Waals surface area (Å²) in [4.78, 5) is 22.3. The van der Waals surface area contributed by atoms with Crippen LogP contribution in [0.3, 0.4) is 0 Å². The number of imidazole rings is 1. The van der Waals surface area contributed by atoms with Gasteiger partial charge in [-0.3, -0.25) is 10.00 Å². The molecule has 1 fully saturated rings. The van der Waals surface area contributed by atoms with Gasteiger partial charge in [0.2, 0.25) is 0 Å². The van der Waals surface area contributed by atoms with Gasteiger partial charge in [0.1, 0.15) is 12.4 Å². The highest BCUT2D eigenvalue weighted by molar-refractivity contribution is 5.83. The van der Waals surface area contributed by atoms with Crippen molar-refractivity contribution in [1.82, 2.24) is 39.6 Å². The third-order valence-corrected chi connectivity index (χ3v) is 5.86. The molecule has 0 spiro atoms. The molecule has 11 heteroatoms. The van der Waals surface area contributed by atoms with Gasteiger partial charge in [-0.05, 0) is 12.1 Å². The van der Waals surface area contributed by atoms with E-state index >= 15 is 0 Å². The number of rotatable bonds is 8. The molecule has 11 nitrogen and oxygen atoms in total. The van der Waals surface area contributed by atoms with E-state index in [1.807, 2.05) is 23.7 Å². The molecule has 1 aliphatic rings. The maximum atomic E-state index is 6.05. The van der Waals surface area contributed by atoms with E-state index in [1.165, 1.54) is 0 Å². The second-order valence-electron chi connectivity index (χ2n) is 7.89. The Hall–Kier alpha value is -3.15. The molecule has 1 atom stereocenters. The zero-order valence-electron chi connectivity index (χ0n) is 18.3. The highest BCUT2D eigenvalue weighted by Gasteiger charge is 2.25. The normalized spacial score (nSPS) is 17.4. The van der Waals surface area contributed by atoms with Crippen molar-refractivity contribution in [3.05, 3.63) is 36.7 Å². The number of aromatic nitrogens is 7. The second-order valence-corrected chi connectivity index (χ2v) is 7.89. The zero-order valence-corrected chi connectivity index (χ0v) is 18.3. The molecule has 168 valence electrons. The van der Waals surface area contributed by atoms with Gasteiger partial charge < -0.3 is 18.9 Å². The number of hydrogen-bond acceptors (Lipinski definition) is 9. The molecule has 5 rings (SSSR count). The lowest BCUT2D eigenvalue weighted by atomic mass is 10.1. The molecule has 0 saturated carbocycles. The van der Waals surface area contributed by atoms with Gasteiger partial charge in [0.25, 0.3) is 0 Å². The topological polar surface area (TPSA) is 110 Å². The fraction of sp³-hybridized carbons (Fsp3) is 0.476. The zero-order chi connectivity index (χ0) is 21.9. The molecule has 4 aromatic rings. The number of anilines is 1. The summed E-state index contributed by atoms with van der Waals surface area (Å²) < 4.78 is 13.2. The third-order valence-electron chi connectivity index (χ3n) is 5.86. The lowest BCUT2D eigenvalue weighted by molar-refractivity contribution is -0.0303. The summed E-state index contributed by atoms with van der Waals surface area (Å²) in [6.45, 7) is 5.38. The number of aromatic amines is 1. The quantitative estimate of drug-likeness (QED) is 0.435. The van der Waals surface area contributed by atoms with Crippen molar-refractivity contribution in [1.29, 1.82) is 0 Å². The van der Waals surface area contributed by atoms with Gasteiger partial charge >= 0.3 is 0 Å². The first kappa shape index (κ1) is 20.7. The molecule has 1 N–H and O–H groups in total. The molecule has 0 bridgehead atoms. The van der Waals surface area contributed by atoms with Gasteiger partial charge in [-0.2, -0.15) is 5.10 Å². The molecule has 4 aromatic heterocycles. The molecule has 0 radical (unpaired) electrons. The van der Waals surface area contributed by atoms with Gasteiger partial charge in [-0.1, -0.05) is 0 Å². The number of pyridine rings is 1. The summed E-state index contributed by atoms with van der Waals surface area (Å²) in [7, 11) is 3.73. The standard InChI is InChI=1S/C21H27N9O2/c1-28(20-18-21(24-13-23-20)30(14-25-18)9-10-31-2)6-7-29-8-11-32-16(12-29)17-15-4-3-5-22-19(15)27-26-17/h3-5,13-14,16H,6-12H2,1-2H3,(H,22,26,27). The first-order valence-corrected chi connectivity index (χ1v) is 10.7. The van der Waals surface area contributed by atoms with Crippen LogP contribution in [-0.2, 0) is 16.0 Å². The monoisotopic (exact) mass is 437 g/mol. The van der Waals surface area contributed by atoms with Crippen LogP contribution < -0.4 is 4.90 Å². The van der Waals surface area contributed by atoms with Crippen LogP contribution in [0.2, 0.25) is 0 Å². The van der Waals surface area contributed by atoms with Gasteiger partial charge in [-0.25, -0.2) is 19.9 Å². The highest BCUT2D eigenvalue weighted by Crippen LogP contribution is 2.26. The predicted octanol–water partition coefficient (Wildman–Crippen LogP) is 1.25. The van der Waals surface area contributed by atoms with Gasteiger partial charge in [0, 0.05) is 58.5 Å². The summed E-state index contributed by atoms with van der Waals surface area (Å²) in [6, 6.07) is 3.96. The van der Waals surface area contributed by atoms with E-state index in [0.717, 1.165) is 59.9 Å². The summed E-state index contributed by atoms with van der Waals surface area (Å²) in [5.74, 6) is 0.835. The Kier molecular flexibility index (Phi) is 5.93. The second kappa shape index (κ2) is 9.15. The van der Waals surface area contributed by atoms with Crippen molar-refractivity contribution in [2.75, 3.05) is 58.5 Å². The van der Waals surface area contributed by atoms with Gasteiger partial charge in [0.05, 0.1) is 25.2 Å². The van der Waals surface area contributed by atoms with Crippen molar-refractivity contribution >= 4 is 28.0 Å². The highest BCUT2D eigenvalue weighted by atomic mass is 16.5.